The number of rotatable bonds is 18. The Hall–Kier alpha value is -1.24. The molecule has 148 valence electrons. The molecular formula is C25H42O. The third-order valence-electron chi connectivity index (χ3n) is 5.02. The summed E-state index contributed by atoms with van der Waals surface area (Å²) in [5.41, 5.74) is 1.20. The first-order chi connectivity index (χ1) is 12.9. The Morgan fingerprint density at radius 1 is 0.615 bits per heavy atom. The van der Waals surface area contributed by atoms with E-state index < -0.39 is 0 Å². The molecule has 0 saturated heterocycles. The van der Waals surface area contributed by atoms with Crippen molar-refractivity contribution in [3.8, 4) is 0 Å². The van der Waals surface area contributed by atoms with E-state index in [0.29, 0.717) is 0 Å². The van der Waals surface area contributed by atoms with Crippen LogP contribution < -0.4 is 0 Å². The van der Waals surface area contributed by atoms with Crippen LogP contribution in [0.4, 0.5) is 0 Å². The number of benzene rings is 1. The summed E-state index contributed by atoms with van der Waals surface area (Å²) in [7, 11) is 0. The highest BCUT2D eigenvalue weighted by Gasteiger charge is 1.94. The molecule has 0 heterocycles. The van der Waals surface area contributed by atoms with Gasteiger partial charge >= 0.3 is 0 Å². The Kier molecular flexibility index (Phi) is 16.3. The normalized spacial score (nSPS) is 11.3. The van der Waals surface area contributed by atoms with E-state index in [2.05, 4.69) is 19.1 Å². The number of unbranched alkanes of at least 4 members (excludes halogenated alkanes) is 14. The lowest BCUT2D eigenvalue weighted by atomic mass is 10.0. The lowest BCUT2D eigenvalue weighted by molar-refractivity contribution is 0.243. The molecule has 1 aromatic rings. The smallest absolute Gasteiger partial charge is 0.0873 e. The quantitative estimate of drug-likeness (QED) is 0.189. The molecule has 0 aliphatic rings. The van der Waals surface area contributed by atoms with Gasteiger partial charge in [-0.05, 0) is 18.1 Å². The second kappa shape index (κ2) is 18.5. The molecule has 0 unspecified atom stereocenters. The maximum Gasteiger partial charge on any atom is 0.0873 e. The summed E-state index contributed by atoms with van der Waals surface area (Å²) in [5, 5.41) is 0. The fourth-order valence-electron chi connectivity index (χ4n) is 3.32. The largest absolute Gasteiger partial charge is 0.501 e. The standard InChI is InChI=1S/C25H42O/c1-2-3-4-5-6-7-8-9-10-11-12-13-14-15-19-23-26-24-22-25-20-17-16-18-21-25/h16-18,20-22,24H,2-15,19,23H2,1H3. The molecule has 1 rings (SSSR count). The van der Waals surface area contributed by atoms with Crippen molar-refractivity contribution in [2.75, 3.05) is 6.61 Å². The van der Waals surface area contributed by atoms with Crippen molar-refractivity contribution in [3.63, 3.8) is 0 Å². The van der Waals surface area contributed by atoms with Crippen molar-refractivity contribution in [2.45, 2.75) is 103 Å². The van der Waals surface area contributed by atoms with Gasteiger partial charge in [0, 0.05) is 0 Å². The Labute approximate surface area is 163 Å². The van der Waals surface area contributed by atoms with Gasteiger partial charge < -0.3 is 4.74 Å². The molecule has 0 fully saturated rings. The molecule has 1 heteroatoms. The molecule has 1 nitrogen and oxygen atoms in total. The minimum Gasteiger partial charge on any atom is -0.501 e. The van der Waals surface area contributed by atoms with E-state index in [1.807, 2.05) is 30.5 Å². The van der Waals surface area contributed by atoms with Gasteiger partial charge in [0.1, 0.15) is 0 Å². The van der Waals surface area contributed by atoms with E-state index in [4.69, 9.17) is 4.74 Å². The maximum atomic E-state index is 5.57. The van der Waals surface area contributed by atoms with Crippen LogP contribution in [0.25, 0.3) is 6.08 Å². The van der Waals surface area contributed by atoms with Crippen molar-refractivity contribution in [2.24, 2.45) is 0 Å². The molecule has 0 aliphatic carbocycles. The molecule has 0 bridgehead atoms. The van der Waals surface area contributed by atoms with Crippen LogP contribution in [0.3, 0.4) is 0 Å². The van der Waals surface area contributed by atoms with Gasteiger partial charge in [0.15, 0.2) is 0 Å². The van der Waals surface area contributed by atoms with Crippen molar-refractivity contribution < 1.29 is 4.74 Å². The Morgan fingerprint density at radius 3 is 1.58 bits per heavy atom. The van der Waals surface area contributed by atoms with Crippen molar-refractivity contribution >= 4 is 6.08 Å². The molecule has 0 aromatic heterocycles. The zero-order valence-corrected chi connectivity index (χ0v) is 17.3. The fourth-order valence-corrected chi connectivity index (χ4v) is 3.32. The molecule has 0 amide bonds. The second-order valence-corrected chi connectivity index (χ2v) is 7.53. The molecule has 1 aromatic carbocycles. The third-order valence-corrected chi connectivity index (χ3v) is 5.02. The van der Waals surface area contributed by atoms with Gasteiger partial charge in [-0.3, -0.25) is 0 Å². The van der Waals surface area contributed by atoms with Crippen LogP contribution in [-0.4, -0.2) is 6.61 Å². The first-order valence-corrected chi connectivity index (χ1v) is 11.3. The number of hydrogen-bond donors (Lipinski definition) is 0. The lowest BCUT2D eigenvalue weighted by Gasteiger charge is -2.03. The van der Waals surface area contributed by atoms with E-state index in [1.54, 1.807) is 0 Å². The summed E-state index contributed by atoms with van der Waals surface area (Å²) in [6.07, 6.45) is 24.9. The molecule has 26 heavy (non-hydrogen) atoms. The van der Waals surface area contributed by atoms with Crippen LogP contribution in [0.1, 0.15) is 109 Å². The van der Waals surface area contributed by atoms with Gasteiger partial charge in [0.05, 0.1) is 12.9 Å². The molecule has 0 spiro atoms. The third kappa shape index (κ3) is 15.0. The average Bonchev–Trinajstić information content (AvgIpc) is 2.68. The van der Waals surface area contributed by atoms with Gasteiger partial charge in [-0.2, -0.15) is 0 Å². The van der Waals surface area contributed by atoms with E-state index in [0.717, 1.165) is 6.61 Å². The Balaban J connectivity index is 1.73. The van der Waals surface area contributed by atoms with Crippen LogP contribution in [0.2, 0.25) is 0 Å². The monoisotopic (exact) mass is 358 g/mol. The highest BCUT2D eigenvalue weighted by atomic mass is 16.5. The van der Waals surface area contributed by atoms with E-state index in [1.165, 1.54) is 102 Å². The molecule has 0 N–H and O–H groups in total. The van der Waals surface area contributed by atoms with Crippen LogP contribution in [0.15, 0.2) is 36.6 Å². The first-order valence-electron chi connectivity index (χ1n) is 11.3. The summed E-state index contributed by atoms with van der Waals surface area (Å²) < 4.78 is 5.57. The average molecular weight is 359 g/mol. The minimum absolute atomic E-state index is 0.849. The zero-order valence-electron chi connectivity index (χ0n) is 17.3. The van der Waals surface area contributed by atoms with E-state index in [9.17, 15) is 0 Å². The van der Waals surface area contributed by atoms with E-state index >= 15 is 0 Å². The SMILES string of the molecule is CCCCCCCCCCCCCCCCCOC=Cc1ccccc1. The summed E-state index contributed by atoms with van der Waals surface area (Å²) in [6.45, 7) is 3.14. The molecule has 0 aliphatic heterocycles. The van der Waals surface area contributed by atoms with Crippen molar-refractivity contribution in [1.29, 1.82) is 0 Å². The predicted octanol–water partition coefficient (Wildman–Crippen LogP) is 8.55. The van der Waals surface area contributed by atoms with Gasteiger partial charge in [-0.1, -0.05) is 127 Å². The summed E-state index contributed by atoms with van der Waals surface area (Å²) in [6, 6.07) is 10.3. The molecule has 0 atom stereocenters. The van der Waals surface area contributed by atoms with E-state index in [-0.39, 0.29) is 0 Å². The molecule has 0 saturated carbocycles. The lowest BCUT2D eigenvalue weighted by Crippen LogP contribution is -1.88. The van der Waals surface area contributed by atoms with Crippen LogP contribution in [-0.2, 0) is 4.74 Å². The number of hydrogen-bond acceptors (Lipinski definition) is 1. The summed E-state index contributed by atoms with van der Waals surface area (Å²) in [4.78, 5) is 0. The second-order valence-electron chi connectivity index (χ2n) is 7.53. The molecule has 0 radical (unpaired) electrons. The van der Waals surface area contributed by atoms with Crippen LogP contribution in [0.5, 0.6) is 0 Å². The topological polar surface area (TPSA) is 9.23 Å². The number of ether oxygens (including phenoxy) is 1. The highest BCUT2D eigenvalue weighted by Crippen LogP contribution is 2.13. The fraction of sp³-hybridized carbons (Fsp3) is 0.680. The van der Waals surface area contributed by atoms with Crippen molar-refractivity contribution in [1.82, 2.24) is 0 Å². The summed E-state index contributed by atoms with van der Waals surface area (Å²) in [5.74, 6) is 0. The van der Waals surface area contributed by atoms with Gasteiger partial charge in [0.25, 0.3) is 0 Å². The maximum absolute atomic E-state index is 5.57. The Bertz CT molecular complexity index is 409. The van der Waals surface area contributed by atoms with Crippen LogP contribution >= 0.6 is 0 Å². The first kappa shape index (κ1) is 22.8. The Morgan fingerprint density at radius 2 is 1.08 bits per heavy atom. The van der Waals surface area contributed by atoms with Gasteiger partial charge in [-0.25, -0.2) is 0 Å². The van der Waals surface area contributed by atoms with Crippen LogP contribution in [0, 0.1) is 0 Å². The zero-order chi connectivity index (χ0) is 18.5. The molecular weight excluding hydrogens is 316 g/mol. The van der Waals surface area contributed by atoms with Gasteiger partial charge in [-0.15, -0.1) is 0 Å². The van der Waals surface area contributed by atoms with Crippen molar-refractivity contribution in [3.05, 3.63) is 42.2 Å². The predicted molar refractivity (Wildman–Crippen MR) is 116 cm³/mol. The van der Waals surface area contributed by atoms with Gasteiger partial charge in [0.2, 0.25) is 0 Å². The minimum atomic E-state index is 0.849. The highest BCUT2D eigenvalue weighted by molar-refractivity contribution is 5.47. The summed E-state index contributed by atoms with van der Waals surface area (Å²) >= 11 is 0.